The van der Waals surface area contributed by atoms with Crippen LogP contribution in [0.1, 0.15) is 31.9 Å². The Kier molecular flexibility index (Phi) is 3.03. The zero-order valence-electron chi connectivity index (χ0n) is 10.5. The third-order valence-electron chi connectivity index (χ3n) is 2.88. The van der Waals surface area contributed by atoms with E-state index in [0.717, 1.165) is 16.8 Å². The van der Waals surface area contributed by atoms with Crippen LogP contribution in [0, 0.1) is 0 Å². The molecule has 0 spiro atoms. The molecule has 2 rings (SSSR count). The number of aliphatic hydroxyl groups is 1. The summed E-state index contributed by atoms with van der Waals surface area (Å²) in [6, 6.07) is 8.03. The zero-order chi connectivity index (χ0) is 12.5. The molecule has 0 aliphatic rings. The van der Waals surface area contributed by atoms with E-state index < -0.39 is 0 Å². The standard InChI is InChI=1S/C14H18N2O/c1-14(2,3)12-8-10(4-5-11(12)9-17)13-6-7-15-16-13/h4-8,17H,9H2,1-3H3,(H,15,16). The van der Waals surface area contributed by atoms with Crippen molar-refractivity contribution in [3.63, 3.8) is 0 Å². The number of rotatable bonds is 2. The quantitative estimate of drug-likeness (QED) is 0.833. The summed E-state index contributed by atoms with van der Waals surface area (Å²) in [5, 5.41) is 16.4. The van der Waals surface area contributed by atoms with Crippen molar-refractivity contribution in [2.24, 2.45) is 0 Å². The molecule has 3 nitrogen and oxygen atoms in total. The lowest BCUT2D eigenvalue weighted by molar-refractivity contribution is 0.278. The number of nitrogens with zero attached hydrogens (tertiary/aromatic N) is 1. The first kappa shape index (κ1) is 11.9. The predicted octanol–water partition coefficient (Wildman–Crippen LogP) is 2.87. The van der Waals surface area contributed by atoms with Gasteiger partial charge in [-0.3, -0.25) is 5.10 Å². The topological polar surface area (TPSA) is 48.9 Å². The smallest absolute Gasteiger partial charge is 0.0920 e. The second-order valence-electron chi connectivity index (χ2n) is 5.24. The summed E-state index contributed by atoms with van der Waals surface area (Å²) in [4.78, 5) is 0. The molecule has 0 amide bonds. The molecule has 1 aromatic carbocycles. The van der Waals surface area contributed by atoms with Crippen LogP contribution in [0.2, 0.25) is 0 Å². The lowest BCUT2D eigenvalue weighted by Gasteiger charge is -2.23. The van der Waals surface area contributed by atoms with Crippen molar-refractivity contribution in [1.82, 2.24) is 10.2 Å². The van der Waals surface area contributed by atoms with Crippen LogP contribution in [-0.2, 0) is 12.0 Å². The molecule has 0 saturated heterocycles. The van der Waals surface area contributed by atoms with Gasteiger partial charge in [-0.15, -0.1) is 0 Å². The second-order valence-corrected chi connectivity index (χ2v) is 5.24. The van der Waals surface area contributed by atoms with Crippen LogP contribution in [0.25, 0.3) is 11.3 Å². The van der Waals surface area contributed by atoms with Crippen LogP contribution in [0.3, 0.4) is 0 Å². The highest BCUT2D eigenvalue weighted by Crippen LogP contribution is 2.30. The lowest BCUT2D eigenvalue weighted by atomic mass is 9.82. The Morgan fingerprint density at radius 2 is 2.00 bits per heavy atom. The Morgan fingerprint density at radius 3 is 2.53 bits per heavy atom. The molecular weight excluding hydrogens is 212 g/mol. The molecule has 1 heterocycles. The normalized spacial score (nSPS) is 11.8. The van der Waals surface area contributed by atoms with Crippen molar-refractivity contribution in [2.75, 3.05) is 0 Å². The second kappa shape index (κ2) is 4.34. The number of aromatic nitrogens is 2. The molecule has 0 atom stereocenters. The molecule has 0 aliphatic carbocycles. The summed E-state index contributed by atoms with van der Waals surface area (Å²) in [5.41, 5.74) is 4.18. The van der Waals surface area contributed by atoms with E-state index in [4.69, 9.17) is 0 Å². The highest BCUT2D eigenvalue weighted by molar-refractivity contribution is 5.61. The molecule has 3 heteroatoms. The van der Waals surface area contributed by atoms with Gasteiger partial charge in [-0.05, 0) is 28.7 Å². The van der Waals surface area contributed by atoms with Gasteiger partial charge in [0.25, 0.3) is 0 Å². The number of nitrogens with one attached hydrogen (secondary N) is 1. The minimum atomic E-state index is 0.0182. The maximum absolute atomic E-state index is 9.38. The first-order chi connectivity index (χ1) is 8.02. The molecule has 2 aromatic rings. The van der Waals surface area contributed by atoms with Crippen LogP contribution in [-0.4, -0.2) is 15.3 Å². The van der Waals surface area contributed by atoms with Gasteiger partial charge >= 0.3 is 0 Å². The number of H-pyrrole nitrogens is 1. The summed E-state index contributed by atoms with van der Waals surface area (Å²) in [6.45, 7) is 6.52. The van der Waals surface area contributed by atoms with E-state index >= 15 is 0 Å². The Bertz CT molecular complexity index is 495. The van der Waals surface area contributed by atoms with Crippen molar-refractivity contribution in [3.8, 4) is 11.3 Å². The number of aromatic amines is 1. The first-order valence-electron chi connectivity index (χ1n) is 5.77. The van der Waals surface area contributed by atoms with Crippen molar-refractivity contribution < 1.29 is 5.11 Å². The van der Waals surface area contributed by atoms with Crippen LogP contribution in [0.5, 0.6) is 0 Å². The number of hydrogen-bond acceptors (Lipinski definition) is 2. The van der Waals surface area contributed by atoms with Crippen molar-refractivity contribution in [3.05, 3.63) is 41.6 Å². The summed E-state index contributed by atoms with van der Waals surface area (Å²) in [5.74, 6) is 0. The van der Waals surface area contributed by atoms with Gasteiger partial charge in [-0.25, -0.2) is 0 Å². The Balaban J connectivity index is 2.53. The molecule has 0 saturated carbocycles. The lowest BCUT2D eigenvalue weighted by Crippen LogP contribution is -2.14. The monoisotopic (exact) mass is 230 g/mol. The minimum absolute atomic E-state index is 0.0182. The molecular formula is C14H18N2O. The Hall–Kier alpha value is -1.61. The van der Waals surface area contributed by atoms with Gasteiger partial charge in [0.15, 0.2) is 0 Å². The Labute approximate surface area is 102 Å². The van der Waals surface area contributed by atoms with Crippen LogP contribution in [0.4, 0.5) is 0 Å². The van der Waals surface area contributed by atoms with Crippen molar-refractivity contribution >= 4 is 0 Å². The van der Waals surface area contributed by atoms with E-state index in [1.54, 1.807) is 0 Å². The molecule has 0 fully saturated rings. The van der Waals surface area contributed by atoms with E-state index in [1.165, 1.54) is 5.56 Å². The number of benzene rings is 1. The largest absolute Gasteiger partial charge is 0.392 e. The van der Waals surface area contributed by atoms with E-state index in [-0.39, 0.29) is 12.0 Å². The van der Waals surface area contributed by atoms with Crippen molar-refractivity contribution in [2.45, 2.75) is 32.8 Å². The molecule has 1 aromatic heterocycles. The van der Waals surface area contributed by atoms with Gasteiger partial charge in [0.1, 0.15) is 0 Å². The highest BCUT2D eigenvalue weighted by atomic mass is 16.3. The third kappa shape index (κ3) is 2.39. The fraction of sp³-hybridized carbons (Fsp3) is 0.357. The maximum atomic E-state index is 9.38. The van der Waals surface area contributed by atoms with E-state index in [2.05, 4.69) is 37.0 Å². The minimum Gasteiger partial charge on any atom is -0.392 e. The third-order valence-corrected chi connectivity index (χ3v) is 2.88. The molecule has 0 aliphatic heterocycles. The summed E-state index contributed by atoms with van der Waals surface area (Å²) in [6.07, 6.45) is 1.81. The summed E-state index contributed by atoms with van der Waals surface area (Å²) in [7, 11) is 0. The van der Waals surface area contributed by atoms with E-state index in [0.29, 0.717) is 0 Å². The number of hydrogen-bond donors (Lipinski definition) is 2. The van der Waals surface area contributed by atoms with E-state index in [1.807, 2.05) is 24.4 Å². The van der Waals surface area contributed by atoms with E-state index in [9.17, 15) is 5.11 Å². The van der Waals surface area contributed by atoms with Gasteiger partial charge in [0.05, 0.1) is 12.3 Å². The molecule has 0 radical (unpaired) electrons. The molecule has 2 N–H and O–H groups in total. The van der Waals surface area contributed by atoms with Crippen LogP contribution < -0.4 is 0 Å². The fourth-order valence-corrected chi connectivity index (χ4v) is 1.99. The SMILES string of the molecule is CC(C)(C)c1cc(-c2cc[nH]n2)ccc1CO. The average Bonchev–Trinajstić information content (AvgIpc) is 2.80. The first-order valence-corrected chi connectivity index (χ1v) is 5.77. The van der Waals surface area contributed by atoms with Gasteiger partial charge in [-0.2, -0.15) is 5.10 Å². The van der Waals surface area contributed by atoms with Crippen LogP contribution in [0.15, 0.2) is 30.5 Å². The van der Waals surface area contributed by atoms with Crippen LogP contribution >= 0.6 is 0 Å². The van der Waals surface area contributed by atoms with Gasteiger partial charge in [-0.1, -0.05) is 32.9 Å². The zero-order valence-corrected chi connectivity index (χ0v) is 10.5. The summed E-state index contributed by atoms with van der Waals surface area (Å²) < 4.78 is 0. The Morgan fingerprint density at radius 1 is 1.24 bits per heavy atom. The molecule has 90 valence electrons. The number of aliphatic hydroxyl groups excluding tert-OH is 1. The predicted molar refractivity (Wildman–Crippen MR) is 68.6 cm³/mol. The molecule has 17 heavy (non-hydrogen) atoms. The van der Waals surface area contributed by atoms with Gasteiger partial charge < -0.3 is 5.11 Å². The molecule has 0 bridgehead atoms. The van der Waals surface area contributed by atoms with Gasteiger partial charge in [0.2, 0.25) is 0 Å². The molecule has 0 unspecified atom stereocenters. The van der Waals surface area contributed by atoms with Gasteiger partial charge in [0, 0.05) is 11.8 Å². The maximum Gasteiger partial charge on any atom is 0.0920 e. The highest BCUT2D eigenvalue weighted by Gasteiger charge is 2.18. The average molecular weight is 230 g/mol. The fourth-order valence-electron chi connectivity index (χ4n) is 1.99. The summed E-state index contributed by atoms with van der Waals surface area (Å²) >= 11 is 0. The van der Waals surface area contributed by atoms with Crippen molar-refractivity contribution in [1.29, 1.82) is 0 Å².